The molecule has 3 heterocycles. The van der Waals surface area contributed by atoms with Crippen LogP contribution in [0.1, 0.15) is 30.9 Å². The molecule has 1 saturated carbocycles. The Morgan fingerprint density at radius 2 is 1.96 bits per heavy atom. The summed E-state index contributed by atoms with van der Waals surface area (Å²) in [6.45, 7) is 0.944. The first-order valence-corrected chi connectivity index (χ1v) is 8.87. The lowest BCUT2D eigenvalue weighted by atomic mass is 9.56. The SMILES string of the molecule is COc1ccc2c(N3CC4(CCC4)[C@H]3c3ccncc3)ncnc2c1F. The topological polar surface area (TPSA) is 51.1 Å². The standard InChI is InChI=1S/C20H19FN4O/c1-26-15-4-3-14-17(16(15)21)23-12-24-19(14)25-11-20(7-2-8-20)18(25)13-5-9-22-10-6-13/h3-6,9-10,12,18H,2,7-8,11H2,1H3/t18-/m1/s1. The first kappa shape index (κ1) is 15.5. The van der Waals surface area contributed by atoms with Gasteiger partial charge >= 0.3 is 0 Å². The van der Waals surface area contributed by atoms with Crippen molar-refractivity contribution in [3.8, 4) is 5.75 Å². The van der Waals surface area contributed by atoms with Crippen molar-refractivity contribution in [2.45, 2.75) is 25.3 Å². The van der Waals surface area contributed by atoms with E-state index in [2.05, 4.69) is 32.0 Å². The molecule has 2 aromatic heterocycles. The summed E-state index contributed by atoms with van der Waals surface area (Å²) in [5, 5.41) is 0.721. The van der Waals surface area contributed by atoms with Crippen LogP contribution in [0.25, 0.3) is 10.9 Å². The summed E-state index contributed by atoms with van der Waals surface area (Å²) in [7, 11) is 1.46. The van der Waals surface area contributed by atoms with Crippen LogP contribution in [-0.4, -0.2) is 28.6 Å². The molecule has 2 aliphatic rings. The largest absolute Gasteiger partial charge is 0.494 e. The van der Waals surface area contributed by atoms with Gasteiger partial charge in [0.15, 0.2) is 11.6 Å². The van der Waals surface area contributed by atoms with Gasteiger partial charge in [0.05, 0.1) is 13.2 Å². The molecule has 1 aliphatic heterocycles. The van der Waals surface area contributed by atoms with Crippen LogP contribution < -0.4 is 9.64 Å². The maximum Gasteiger partial charge on any atom is 0.191 e. The summed E-state index contributed by atoms with van der Waals surface area (Å²) in [6.07, 6.45) is 8.83. The maximum absolute atomic E-state index is 14.6. The third-order valence-corrected chi connectivity index (χ3v) is 5.93. The molecule has 26 heavy (non-hydrogen) atoms. The summed E-state index contributed by atoms with van der Waals surface area (Å²) >= 11 is 0. The molecule has 0 bridgehead atoms. The molecule has 1 aliphatic carbocycles. The fourth-order valence-electron chi connectivity index (χ4n) is 4.52. The molecule has 1 atom stereocenters. The Bertz CT molecular complexity index is 974. The van der Waals surface area contributed by atoms with Crippen LogP contribution in [0.15, 0.2) is 43.0 Å². The van der Waals surface area contributed by atoms with E-state index in [1.165, 1.54) is 38.3 Å². The first-order chi connectivity index (χ1) is 12.7. The van der Waals surface area contributed by atoms with E-state index >= 15 is 0 Å². The fourth-order valence-corrected chi connectivity index (χ4v) is 4.52. The highest BCUT2D eigenvalue weighted by atomic mass is 19.1. The molecule has 6 heteroatoms. The molecular formula is C20H19FN4O. The van der Waals surface area contributed by atoms with E-state index in [0.717, 1.165) is 17.7 Å². The highest BCUT2D eigenvalue weighted by Gasteiger charge is 2.57. The number of ether oxygens (including phenoxy) is 1. The monoisotopic (exact) mass is 350 g/mol. The second-order valence-electron chi connectivity index (χ2n) is 7.20. The quantitative estimate of drug-likeness (QED) is 0.717. The number of fused-ring (bicyclic) bond motifs is 1. The summed E-state index contributed by atoms with van der Waals surface area (Å²) in [4.78, 5) is 15.1. The van der Waals surface area contributed by atoms with Gasteiger partial charge in [-0.2, -0.15) is 0 Å². The minimum absolute atomic E-state index is 0.201. The van der Waals surface area contributed by atoms with Gasteiger partial charge in [0.2, 0.25) is 0 Å². The molecule has 0 radical (unpaired) electrons. The van der Waals surface area contributed by atoms with E-state index in [-0.39, 0.29) is 11.8 Å². The van der Waals surface area contributed by atoms with Gasteiger partial charge in [0, 0.05) is 29.7 Å². The van der Waals surface area contributed by atoms with E-state index in [4.69, 9.17) is 4.74 Å². The fraction of sp³-hybridized carbons (Fsp3) is 0.350. The molecule has 0 N–H and O–H groups in total. The van der Waals surface area contributed by atoms with Crippen LogP contribution in [-0.2, 0) is 0 Å². The second kappa shape index (κ2) is 5.62. The summed E-state index contributed by atoms with van der Waals surface area (Å²) < 4.78 is 19.7. The lowest BCUT2D eigenvalue weighted by Gasteiger charge is -2.63. The number of nitrogens with zero attached hydrogens (tertiary/aromatic N) is 4. The van der Waals surface area contributed by atoms with Gasteiger partial charge in [-0.25, -0.2) is 14.4 Å². The van der Waals surface area contributed by atoms with E-state index in [0.29, 0.717) is 10.9 Å². The van der Waals surface area contributed by atoms with Crippen molar-refractivity contribution in [1.82, 2.24) is 15.0 Å². The average Bonchev–Trinajstić information content (AvgIpc) is 2.61. The van der Waals surface area contributed by atoms with Crippen molar-refractivity contribution in [1.29, 1.82) is 0 Å². The van der Waals surface area contributed by atoms with Crippen molar-refractivity contribution in [2.24, 2.45) is 5.41 Å². The number of pyridine rings is 1. The maximum atomic E-state index is 14.6. The van der Waals surface area contributed by atoms with Gasteiger partial charge in [0.1, 0.15) is 17.7 Å². The van der Waals surface area contributed by atoms with Gasteiger partial charge < -0.3 is 9.64 Å². The van der Waals surface area contributed by atoms with Crippen molar-refractivity contribution in [3.05, 3.63) is 54.4 Å². The molecule has 0 amide bonds. The Morgan fingerprint density at radius 1 is 1.15 bits per heavy atom. The summed E-state index contributed by atoms with van der Waals surface area (Å²) in [6, 6.07) is 7.89. The molecular weight excluding hydrogens is 331 g/mol. The van der Waals surface area contributed by atoms with Crippen LogP contribution in [0, 0.1) is 11.2 Å². The highest BCUT2D eigenvalue weighted by molar-refractivity contribution is 5.91. The Labute approximate surface area is 150 Å². The van der Waals surface area contributed by atoms with Crippen molar-refractivity contribution >= 4 is 16.7 Å². The van der Waals surface area contributed by atoms with Crippen molar-refractivity contribution in [3.63, 3.8) is 0 Å². The van der Waals surface area contributed by atoms with Gasteiger partial charge in [0.25, 0.3) is 0 Å². The molecule has 1 aromatic carbocycles. The summed E-state index contributed by atoms with van der Waals surface area (Å²) in [5.74, 6) is 0.552. The first-order valence-electron chi connectivity index (χ1n) is 8.87. The van der Waals surface area contributed by atoms with E-state index in [1.807, 2.05) is 18.5 Å². The predicted molar refractivity (Wildman–Crippen MR) is 96.7 cm³/mol. The Kier molecular flexibility index (Phi) is 3.35. The number of hydrogen-bond donors (Lipinski definition) is 0. The number of hydrogen-bond acceptors (Lipinski definition) is 5. The van der Waals surface area contributed by atoms with Gasteiger partial charge in [-0.05, 0) is 42.7 Å². The number of anilines is 1. The van der Waals surface area contributed by atoms with Crippen LogP contribution in [0.5, 0.6) is 5.75 Å². The molecule has 0 unspecified atom stereocenters. The highest BCUT2D eigenvalue weighted by Crippen LogP contribution is 2.61. The zero-order chi connectivity index (χ0) is 17.7. The lowest BCUT2D eigenvalue weighted by molar-refractivity contribution is 0.0279. The lowest BCUT2D eigenvalue weighted by Crippen LogP contribution is -2.62. The van der Waals surface area contributed by atoms with Crippen molar-refractivity contribution in [2.75, 3.05) is 18.6 Å². The number of methoxy groups -OCH3 is 1. The summed E-state index contributed by atoms with van der Waals surface area (Å²) in [5.41, 5.74) is 1.85. The average molecular weight is 350 g/mol. The van der Waals surface area contributed by atoms with Crippen LogP contribution in [0.4, 0.5) is 10.2 Å². The molecule has 1 spiro atoms. The zero-order valence-corrected chi connectivity index (χ0v) is 14.5. The molecule has 2 fully saturated rings. The Hall–Kier alpha value is -2.76. The molecule has 3 aromatic rings. The van der Waals surface area contributed by atoms with Gasteiger partial charge in [-0.3, -0.25) is 4.98 Å². The number of halogens is 1. The third kappa shape index (κ3) is 2.04. The van der Waals surface area contributed by atoms with E-state index in [9.17, 15) is 4.39 Å². The van der Waals surface area contributed by atoms with Crippen LogP contribution >= 0.6 is 0 Å². The number of aromatic nitrogens is 3. The van der Waals surface area contributed by atoms with E-state index < -0.39 is 5.82 Å². The predicted octanol–water partition coefficient (Wildman–Crippen LogP) is 3.90. The zero-order valence-electron chi connectivity index (χ0n) is 14.5. The Balaban J connectivity index is 1.62. The van der Waals surface area contributed by atoms with E-state index in [1.54, 1.807) is 6.07 Å². The number of rotatable bonds is 3. The minimum atomic E-state index is -0.437. The molecule has 5 rings (SSSR count). The normalized spacial score (nSPS) is 20.7. The number of benzene rings is 1. The van der Waals surface area contributed by atoms with Crippen LogP contribution in [0.2, 0.25) is 0 Å². The third-order valence-electron chi connectivity index (χ3n) is 5.93. The molecule has 1 saturated heterocycles. The Morgan fingerprint density at radius 3 is 2.65 bits per heavy atom. The smallest absolute Gasteiger partial charge is 0.191 e. The second-order valence-corrected chi connectivity index (χ2v) is 7.20. The minimum Gasteiger partial charge on any atom is -0.494 e. The van der Waals surface area contributed by atoms with Crippen LogP contribution in [0.3, 0.4) is 0 Å². The van der Waals surface area contributed by atoms with Gasteiger partial charge in [-0.15, -0.1) is 0 Å². The van der Waals surface area contributed by atoms with Gasteiger partial charge in [-0.1, -0.05) is 6.42 Å². The van der Waals surface area contributed by atoms with Crippen molar-refractivity contribution < 1.29 is 9.13 Å². The molecule has 132 valence electrons. The molecule has 5 nitrogen and oxygen atoms in total.